The summed E-state index contributed by atoms with van der Waals surface area (Å²) in [4.78, 5) is 12.4. The molecule has 21 heteroatoms. The van der Waals surface area contributed by atoms with Crippen LogP contribution in [0.2, 0.25) is 0 Å². The van der Waals surface area contributed by atoms with Crippen LogP contribution in [-0.2, 0) is 39.7 Å². The van der Waals surface area contributed by atoms with Crippen LogP contribution in [0.3, 0.4) is 0 Å². The van der Waals surface area contributed by atoms with E-state index in [2.05, 4.69) is 0 Å². The molecule has 0 aliphatic carbocycles. The minimum atomic E-state index is -1.82. The normalized spacial score (nSPS) is 42.3. The number of aliphatic hydroxyl groups excluding tert-OH is 10. The SMILES string of the molecule is CC(C)C1OC(COC2OC(CO)C(O)C(OC3CN(Cc4ccc([N+](=O)[O-])cc4)CC(CO)O3)C2O)C(O)C(OC2OC(CO)C(O)C(O)C2O)C1O. The van der Waals surface area contributed by atoms with Gasteiger partial charge in [0.25, 0.3) is 5.69 Å². The molecule has 21 nitrogen and oxygen atoms in total. The average molecular weight is 781 g/mol. The topological polar surface area (TPSA) is 313 Å². The number of hydrogen-bond donors (Lipinski definition) is 10. The van der Waals surface area contributed by atoms with Gasteiger partial charge in [0.05, 0.1) is 43.6 Å². The summed E-state index contributed by atoms with van der Waals surface area (Å²) in [6.45, 7) is 1.76. The molecule has 0 aromatic heterocycles. The number of nitrogens with zero attached hydrogens (tertiary/aromatic N) is 2. The first kappa shape index (κ1) is 43.0. The second-order valence-corrected chi connectivity index (χ2v) is 14.3. The first-order valence-electron chi connectivity index (χ1n) is 17.8. The molecule has 4 aliphatic rings. The van der Waals surface area contributed by atoms with Gasteiger partial charge in [0.1, 0.15) is 73.2 Å². The van der Waals surface area contributed by atoms with Gasteiger partial charge in [0, 0.05) is 31.8 Å². The lowest BCUT2D eigenvalue weighted by atomic mass is 9.89. The zero-order chi connectivity index (χ0) is 39.4. The summed E-state index contributed by atoms with van der Waals surface area (Å²) in [5.41, 5.74) is 0.661. The lowest BCUT2D eigenvalue weighted by molar-refractivity contribution is -0.384. The molecule has 54 heavy (non-hydrogen) atoms. The molecule has 17 unspecified atom stereocenters. The Morgan fingerprint density at radius 3 is 1.94 bits per heavy atom. The molecule has 0 saturated carbocycles. The Morgan fingerprint density at radius 2 is 1.33 bits per heavy atom. The summed E-state index contributed by atoms with van der Waals surface area (Å²) in [5, 5.41) is 116. The predicted molar refractivity (Wildman–Crippen MR) is 177 cm³/mol. The molecule has 4 aliphatic heterocycles. The van der Waals surface area contributed by atoms with Gasteiger partial charge in [-0.1, -0.05) is 26.0 Å². The van der Waals surface area contributed by atoms with E-state index in [1.165, 1.54) is 12.1 Å². The van der Waals surface area contributed by atoms with Gasteiger partial charge in [-0.05, 0) is 11.5 Å². The van der Waals surface area contributed by atoms with Crippen molar-refractivity contribution in [3.8, 4) is 0 Å². The molecular weight excluding hydrogens is 728 g/mol. The molecule has 1 aromatic carbocycles. The van der Waals surface area contributed by atoms with Gasteiger partial charge in [-0.3, -0.25) is 15.0 Å². The molecular formula is C33H52N2O19. The van der Waals surface area contributed by atoms with E-state index in [0.717, 1.165) is 5.56 Å². The van der Waals surface area contributed by atoms with Gasteiger partial charge in [-0.25, -0.2) is 0 Å². The zero-order valence-electron chi connectivity index (χ0n) is 29.7. The van der Waals surface area contributed by atoms with Crippen LogP contribution in [0.5, 0.6) is 0 Å². The van der Waals surface area contributed by atoms with E-state index in [4.69, 9.17) is 33.2 Å². The van der Waals surface area contributed by atoms with Crippen LogP contribution in [0.1, 0.15) is 19.4 Å². The van der Waals surface area contributed by atoms with E-state index >= 15 is 0 Å². The highest BCUT2D eigenvalue weighted by Gasteiger charge is 2.52. The number of ether oxygens (including phenoxy) is 7. The van der Waals surface area contributed by atoms with Crippen molar-refractivity contribution in [3.63, 3.8) is 0 Å². The summed E-state index contributed by atoms with van der Waals surface area (Å²) < 4.78 is 40.5. The van der Waals surface area contributed by atoms with Crippen LogP contribution in [0.4, 0.5) is 5.69 Å². The van der Waals surface area contributed by atoms with E-state index in [1.807, 2.05) is 4.90 Å². The fourth-order valence-corrected chi connectivity index (χ4v) is 7.03. The third-order valence-corrected chi connectivity index (χ3v) is 10.0. The average Bonchev–Trinajstić information content (AvgIpc) is 3.15. The Morgan fingerprint density at radius 1 is 0.722 bits per heavy atom. The maximum atomic E-state index is 11.3. The number of nitro groups is 1. The molecule has 17 atom stereocenters. The van der Waals surface area contributed by atoms with Gasteiger partial charge in [0.15, 0.2) is 18.9 Å². The quantitative estimate of drug-likeness (QED) is 0.0626. The summed E-state index contributed by atoms with van der Waals surface area (Å²) in [6.07, 6.45) is -24.7. The highest BCUT2D eigenvalue weighted by atomic mass is 16.7. The minimum Gasteiger partial charge on any atom is -0.394 e. The lowest BCUT2D eigenvalue weighted by Crippen LogP contribution is -2.65. The van der Waals surface area contributed by atoms with E-state index in [0.29, 0.717) is 6.54 Å². The van der Waals surface area contributed by atoms with Gasteiger partial charge in [0.2, 0.25) is 0 Å². The molecule has 0 bridgehead atoms. The molecule has 0 radical (unpaired) electrons. The van der Waals surface area contributed by atoms with Gasteiger partial charge in [-0.15, -0.1) is 0 Å². The van der Waals surface area contributed by atoms with Crippen LogP contribution in [0.25, 0.3) is 0 Å². The molecule has 4 heterocycles. The Labute approximate surface area is 309 Å². The van der Waals surface area contributed by atoms with Crippen LogP contribution in [0, 0.1) is 16.0 Å². The number of benzene rings is 1. The fourth-order valence-electron chi connectivity index (χ4n) is 7.03. The molecule has 308 valence electrons. The number of hydrogen-bond acceptors (Lipinski definition) is 20. The van der Waals surface area contributed by atoms with Crippen LogP contribution in [-0.4, -0.2) is 205 Å². The van der Waals surface area contributed by atoms with E-state index in [9.17, 15) is 61.2 Å². The number of non-ortho nitro benzene ring substituents is 1. The van der Waals surface area contributed by atoms with E-state index < -0.39 is 136 Å². The number of aliphatic hydroxyl groups is 10. The maximum absolute atomic E-state index is 11.3. The van der Waals surface area contributed by atoms with Crippen molar-refractivity contribution in [3.05, 3.63) is 39.9 Å². The number of nitro benzene ring substituents is 1. The Kier molecular flexibility index (Phi) is 15.1. The lowest BCUT2D eigenvalue weighted by Gasteiger charge is -2.48. The predicted octanol–water partition coefficient (Wildman–Crippen LogP) is -4.71. The van der Waals surface area contributed by atoms with E-state index in [-0.39, 0.29) is 24.7 Å². The Balaban J connectivity index is 1.26. The standard InChI is InChI=1S/C33H52N2O19/c1-14(2)29-27(44)30(54-33-26(43)25(42)22(39)18(11-37)52-33)24(41)20(50-29)13-48-32-28(45)31(23(40)19(12-38)51-32)53-21-9-34(8-17(10-36)49-21)7-15-3-5-16(6-4-15)35(46)47/h3-6,14,17-33,36-45H,7-13H2,1-2H3. The maximum Gasteiger partial charge on any atom is 0.269 e. The highest BCUT2D eigenvalue weighted by molar-refractivity contribution is 5.32. The molecule has 0 amide bonds. The third-order valence-electron chi connectivity index (χ3n) is 10.0. The minimum absolute atomic E-state index is 0.0732. The van der Waals surface area contributed by atoms with Crippen LogP contribution < -0.4 is 0 Å². The van der Waals surface area contributed by atoms with E-state index in [1.54, 1.807) is 26.0 Å². The van der Waals surface area contributed by atoms with Crippen molar-refractivity contribution in [1.29, 1.82) is 0 Å². The smallest absolute Gasteiger partial charge is 0.269 e. The largest absolute Gasteiger partial charge is 0.394 e. The van der Waals surface area contributed by atoms with Gasteiger partial charge < -0.3 is 84.2 Å². The monoisotopic (exact) mass is 780 g/mol. The van der Waals surface area contributed by atoms with Gasteiger partial charge in [-0.2, -0.15) is 0 Å². The molecule has 0 spiro atoms. The zero-order valence-corrected chi connectivity index (χ0v) is 29.7. The first-order valence-corrected chi connectivity index (χ1v) is 17.8. The van der Waals surface area contributed by atoms with Crippen molar-refractivity contribution >= 4 is 5.69 Å². The Bertz CT molecular complexity index is 1330. The molecule has 4 fully saturated rings. The van der Waals surface area contributed by atoms with Crippen molar-refractivity contribution < 1.29 is 89.1 Å². The van der Waals surface area contributed by atoms with Crippen LogP contribution in [0.15, 0.2) is 24.3 Å². The van der Waals surface area contributed by atoms with Crippen LogP contribution >= 0.6 is 0 Å². The molecule has 10 N–H and O–H groups in total. The highest BCUT2D eigenvalue weighted by Crippen LogP contribution is 2.33. The Hall–Kier alpha value is -2.10. The molecule has 4 saturated heterocycles. The molecule has 1 aromatic rings. The molecule has 5 rings (SSSR count). The first-order chi connectivity index (χ1) is 25.7. The second-order valence-electron chi connectivity index (χ2n) is 14.3. The summed E-state index contributed by atoms with van der Waals surface area (Å²) >= 11 is 0. The summed E-state index contributed by atoms with van der Waals surface area (Å²) in [5.74, 6) is -0.364. The van der Waals surface area contributed by atoms with Gasteiger partial charge >= 0.3 is 0 Å². The van der Waals surface area contributed by atoms with Crippen molar-refractivity contribution in [2.24, 2.45) is 5.92 Å². The third kappa shape index (κ3) is 9.70. The van der Waals surface area contributed by atoms with Crippen molar-refractivity contribution in [2.75, 3.05) is 39.5 Å². The van der Waals surface area contributed by atoms with Crippen molar-refractivity contribution in [2.45, 2.75) is 125 Å². The second kappa shape index (κ2) is 18.9. The number of rotatable bonds is 14. The number of morpholine rings is 1. The fraction of sp³-hybridized carbons (Fsp3) is 0.818. The van der Waals surface area contributed by atoms with Crippen molar-refractivity contribution in [1.82, 2.24) is 4.90 Å². The summed E-state index contributed by atoms with van der Waals surface area (Å²) in [7, 11) is 0. The summed E-state index contributed by atoms with van der Waals surface area (Å²) in [6, 6.07) is 5.93.